The molecular formula is C80H57BN2O2S2. The summed E-state index contributed by atoms with van der Waals surface area (Å²) in [4.78, 5) is 0. The van der Waals surface area contributed by atoms with Crippen molar-refractivity contribution in [2.75, 3.05) is 0 Å². The van der Waals surface area contributed by atoms with Crippen LogP contribution in [0.5, 0.6) is 23.0 Å². The van der Waals surface area contributed by atoms with Gasteiger partial charge in [-0.05, 0) is 133 Å². The van der Waals surface area contributed by atoms with Crippen molar-refractivity contribution < 1.29 is 9.47 Å². The first-order valence-electron chi connectivity index (χ1n) is 30.2. The van der Waals surface area contributed by atoms with Gasteiger partial charge in [0.15, 0.2) is 0 Å². The zero-order valence-corrected chi connectivity index (χ0v) is 50.8. The molecular weight excluding hydrogens is 1100 g/mol. The molecule has 0 N–H and O–H groups in total. The van der Waals surface area contributed by atoms with Gasteiger partial charge in [-0.1, -0.05) is 193 Å². The molecule has 6 heterocycles. The Kier molecular flexibility index (Phi) is 10.7. The Morgan fingerprint density at radius 3 is 1.32 bits per heavy atom. The zero-order chi connectivity index (χ0) is 58.2. The summed E-state index contributed by atoms with van der Waals surface area (Å²) < 4.78 is 24.7. The average molecular weight is 1150 g/mol. The molecule has 4 nitrogen and oxygen atoms in total. The van der Waals surface area contributed by atoms with Crippen LogP contribution in [0.4, 0.5) is 0 Å². The first-order chi connectivity index (χ1) is 42.4. The van der Waals surface area contributed by atoms with E-state index in [4.69, 9.17) is 9.47 Å². The molecule has 7 heteroatoms. The van der Waals surface area contributed by atoms with E-state index in [0.717, 1.165) is 72.9 Å². The third-order valence-corrected chi connectivity index (χ3v) is 21.2. The normalized spacial score (nSPS) is 13.1. The molecule has 0 spiro atoms. The van der Waals surface area contributed by atoms with Gasteiger partial charge in [0, 0.05) is 96.4 Å². The minimum atomic E-state index is -0.149. The number of benzene rings is 12. The van der Waals surface area contributed by atoms with Gasteiger partial charge >= 0.3 is 0 Å². The number of aromatic nitrogens is 2. The minimum absolute atomic E-state index is 0.00541. The lowest BCUT2D eigenvalue weighted by Gasteiger charge is -2.34. The third-order valence-electron chi connectivity index (χ3n) is 18.8. The van der Waals surface area contributed by atoms with Crippen LogP contribution in [0.25, 0.3) is 129 Å². The van der Waals surface area contributed by atoms with Crippen molar-refractivity contribution in [1.29, 1.82) is 0 Å². The Morgan fingerprint density at radius 2 is 0.782 bits per heavy atom. The predicted molar refractivity (Wildman–Crippen MR) is 372 cm³/mol. The van der Waals surface area contributed by atoms with Gasteiger partial charge in [0.05, 0.1) is 22.1 Å². The highest BCUT2D eigenvalue weighted by Gasteiger charge is 2.41. The molecule has 0 radical (unpaired) electrons. The van der Waals surface area contributed by atoms with Gasteiger partial charge in [-0.3, -0.25) is 0 Å². The van der Waals surface area contributed by atoms with Crippen molar-refractivity contribution in [2.24, 2.45) is 0 Å². The van der Waals surface area contributed by atoms with Crippen LogP contribution in [-0.4, -0.2) is 15.8 Å². The van der Waals surface area contributed by atoms with E-state index in [1.54, 1.807) is 0 Å². The van der Waals surface area contributed by atoms with E-state index >= 15 is 0 Å². The molecule has 0 saturated carbocycles. The topological polar surface area (TPSA) is 28.3 Å². The molecule has 4 aromatic heterocycles. The maximum Gasteiger partial charge on any atom is 0.260 e. The number of para-hydroxylation sites is 2. The zero-order valence-electron chi connectivity index (χ0n) is 49.1. The van der Waals surface area contributed by atoms with Crippen molar-refractivity contribution in [1.82, 2.24) is 9.13 Å². The number of nitrogens with zero attached hydrogens (tertiary/aromatic N) is 2. The highest BCUT2D eigenvalue weighted by Crippen LogP contribution is 2.51. The van der Waals surface area contributed by atoms with E-state index in [9.17, 15) is 0 Å². The quantitative estimate of drug-likeness (QED) is 0.161. The first-order valence-corrected chi connectivity index (χ1v) is 31.9. The summed E-state index contributed by atoms with van der Waals surface area (Å²) in [5.41, 5.74) is 19.9. The van der Waals surface area contributed by atoms with Gasteiger partial charge in [0.25, 0.3) is 6.71 Å². The Labute approximate surface area is 512 Å². The highest BCUT2D eigenvalue weighted by molar-refractivity contribution is 7.28. The van der Waals surface area contributed by atoms with Crippen LogP contribution in [0.1, 0.15) is 52.7 Å². The molecule has 0 atom stereocenters. The van der Waals surface area contributed by atoms with Crippen molar-refractivity contribution in [3.63, 3.8) is 0 Å². The highest BCUT2D eigenvalue weighted by atomic mass is 32.1. The van der Waals surface area contributed by atoms with Gasteiger partial charge < -0.3 is 18.6 Å². The molecule has 12 aromatic carbocycles. The van der Waals surface area contributed by atoms with Gasteiger partial charge in [0.1, 0.15) is 23.0 Å². The van der Waals surface area contributed by atoms with Crippen LogP contribution in [0.15, 0.2) is 237 Å². The number of hydrogen-bond acceptors (Lipinski definition) is 4. The second-order valence-corrected chi connectivity index (χ2v) is 28.0. The van der Waals surface area contributed by atoms with Crippen LogP contribution < -0.4 is 25.9 Å². The summed E-state index contributed by atoms with van der Waals surface area (Å²) >= 11 is 3.78. The van der Waals surface area contributed by atoms with Crippen molar-refractivity contribution in [3.8, 4) is 67.8 Å². The fourth-order valence-electron chi connectivity index (χ4n) is 14.5. The molecule has 2 aliphatic rings. The second-order valence-electron chi connectivity index (χ2n) is 25.9. The Balaban J connectivity index is 0.829. The average Bonchev–Trinajstić information content (AvgIpc) is 1.80. The number of thiophene rings is 2. The fourth-order valence-corrected chi connectivity index (χ4v) is 17.0. The van der Waals surface area contributed by atoms with Crippen LogP contribution in [-0.2, 0) is 10.8 Å². The molecule has 87 heavy (non-hydrogen) atoms. The summed E-state index contributed by atoms with van der Waals surface area (Å²) in [6.07, 6.45) is 0. The summed E-state index contributed by atoms with van der Waals surface area (Å²) in [6, 6.07) is 87.9. The van der Waals surface area contributed by atoms with Crippen molar-refractivity contribution in [3.05, 3.63) is 248 Å². The summed E-state index contributed by atoms with van der Waals surface area (Å²) in [5, 5.41) is 10.2. The van der Waals surface area contributed by atoms with E-state index in [2.05, 4.69) is 287 Å². The molecule has 0 bridgehead atoms. The molecule has 0 fully saturated rings. The van der Waals surface area contributed by atoms with E-state index in [1.165, 1.54) is 106 Å². The number of rotatable bonds is 5. The molecule has 18 rings (SSSR count). The van der Waals surface area contributed by atoms with Gasteiger partial charge in [-0.2, -0.15) is 0 Å². The largest absolute Gasteiger partial charge is 0.458 e. The molecule has 16 aromatic rings. The third kappa shape index (κ3) is 7.55. The monoisotopic (exact) mass is 1150 g/mol. The van der Waals surface area contributed by atoms with Gasteiger partial charge in [0.2, 0.25) is 0 Å². The second kappa shape index (κ2) is 18.4. The lowest BCUT2D eigenvalue weighted by molar-refractivity contribution is 0.465. The van der Waals surface area contributed by atoms with Gasteiger partial charge in [-0.25, -0.2) is 0 Å². The molecule has 0 amide bonds. The summed E-state index contributed by atoms with van der Waals surface area (Å²) in [5.74, 6) is 3.32. The molecule has 0 unspecified atom stereocenters. The molecule has 414 valence electrons. The van der Waals surface area contributed by atoms with Crippen molar-refractivity contribution >= 4 is 130 Å². The summed E-state index contributed by atoms with van der Waals surface area (Å²) in [6.45, 7) is 13.7. The smallest absolute Gasteiger partial charge is 0.260 e. The number of fused-ring (bicyclic) bond motifs is 17. The standard InChI is InChI=1S/C80H57BN2O2S2/c1-79(2,3)48-30-36-66-60(42-48)61-43-49(80(4,5)6)31-37-67(61)83(66)51-33-35-63-69(45-51)85-71-41-47(40-70-76(71)81(63)62-34-32-50(44-68(62)84-70)82-64-28-14-12-22-55(64)56-23-13-15-29-65(56)82)53-24-16-26-58-74-72(86-77(53)58)38-39-73-75(74)59-27-17-25-57(78(59)87-73)54-21-11-10-20-52(54)46-18-8-7-9-19-46/h7-45H,1-6H3. The first kappa shape index (κ1) is 50.6. The summed E-state index contributed by atoms with van der Waals surface area (Å²) in [7, 11) is 0. The lowest BCUT2D eigenvalue weighted by Crippen LogP contribution is -2.57. The molecule has 2 aliphatic heterocycles. The Morgan fingerprint density at radius 1 is 0.333 bits per heavy atom. The van der Waals surface area contributed by atoms with Crippen LogP contribution in [0.3, 0.4) is 0 Å². The number of hydrogen-bond donors (Lipinski definition) is 0. The molecule has 0 aliphatic carbocycles. The predicted octanol–water partition coefficient (Wildman–Crippen LogP) is 20.9. The number of ether oxygens (including phenoxy) is 2. The lowest BCUT2D eigenvalue weighted by atomic mass is 9.35. The van der Waals surface area contributed by atoms with Crippen LogP contribution >= 0.6 is 22.7 Å². The van der Waals surface area contributed by atoms with Crippen LogP contribution in [0.2, 0.25) is 0 Å². The SMILES string of the molecule is CC(C)(C)c1ccc2c(c1)c1cc(C(C)(C)C)ccc1n2-c1ccc2c(c1)Oc1cc(-c3cccc4c3sc3ccc5sc6c(-c7ccccc7-c7ccccc7)cccc6c5c34)cc3c1B2c1ccc(-n2c4ccccc4c4ccccc42)cc1O3. The van der Waals surface area contributed by atoms with E-state index in [0.29, 0.717) is 0 Å². The fraction of sp³-hybridized carbons (Fsp3) is 0.100. The van der Waals surface area contributed by atoms with E-state index < -0.39 is 0 Å². The molecule has 0 saturated heterocycles. The Hall–Kier alpha value is -9.66. The maximum absolute atomic E-state index is 7.43. The van der Waals surface area contributed by atoms with E-state index in [-0.39, 0.29) is 17.5 Å². The van der Waals surface area contributed by atoms with Gasteiger partial charge in [-0.15, -0.1) is 22.7 Å². The van der Waals surface area contributed by atoms with Crippen molar-refractivity contribution in [2.45, 2.75) is 52.4 Å². The maximum atomic E-state index is 7.43. The Bertz CT molecular complexity index is 5500. The van der Waals surface area contributed by atoms with Crippen LogP contribution in [0, 0.1) is 0 Å². The minimum Gasteiger partial charge on any atom is -0.458 e. The van der Waals surface area contributed by atoms with E-state index in [1.807, 2.05) is 22.7 Å².